The summed E-state index contributed by atoms with van der Waals surface area (Å²) in [6.45, 7) is 4.73. The van der Waals surface area contributed by atoms with E-state index in [0.717, 1.165) is 12.8 Å². The molecule has 0 rings (SSSR count). The van der Waals surface area contributed by atoms with Crippen molar-refractivity contribution in [3.8, 4) is 0 Å². The van der Waals surface area contributed by atoms with Gasteiger partial charge in [-0.3, -0.25) is 0 Å². The zero-order chi connectivity index (χ0) is 9.40. The zero-order valence-electron chi connectivity index (χ0n) is 8.32. The summed E-state index contributed by atoms with van der Waals surface area (Å²) in [7, 11) is 0. The van der Waals surface area contributed by atoms with Gasteiger partial charge in [-0.15, -0.1) is 0 Å². The van der Waals surface area contributed by atoms with Crippen LogP contribution in [0.15, 0.2) is 0 Å². The van der Waals surface area contributed by atoms with Crippen molar-refractivity contribution in [3.63, 3.8) is 0 Å². The summed E-state index contributed by atoms with van der Waals surface area (Å²) < 4.78 is 4.73. The van der Waals surface area contributed by atoms with E-state index in [1.54, 1.807) is 0 Å². The van der Waals surface area contributed by atoms with Crippen LogP contribution in [0.1, 0.15) is 39.5 Å². The molecule has 13 heavy (non-hydrogen) atoms. The molecule has 0 aliphatic heterocycles. The number of ether oxygens (including phenoxy) is 1. The molecule has 0 spiro atoms. The second-order valence-electron chi connectivity index (χ2n) is 3.05. The minimum atomic E-state index is -0.662. The molecule has 1 unspecified atom stereocenters. The molecule has 82 valence electrons. The summed E-state index contributed by atoms with van der Waals surface area (Å²) in [4.78, 5) is 10.3. The first-order valence-corrected chi connectivity index (χ1v) is 4.62. The van der Waals surface area contributed by atoms with Crippen LogP contribution in [-0.2, 0) is 21.2 Å². The van der Waals surface area contributed by atoms with Gasteiger partial charge in [-0.05, 0) is 12.3 Å². The molecule has 3 nitrogen and oxygen atoms in total. The summed E-state index contributed by atoms with van der Waals surface area (Å²) in [6.07, 6.45) is 3.89. The van der Waals surface area contributed by atoms with Gasteiger partial charge in [0.2, 0.25) is 0 Å². The van der Waals surface area contributed by atoms with E-state index >= 15 is 0 Å². The Hall–Kier alpha value is -0.236. The topological polar surface area (TPSA) is 52.3 Å². The van der Waals surface area contributed by atoms with Crippen LogP contribution in [0, 0.1) is 5.92 Å². The van der Waals surface area contributed by atoms with Crippen LogP contribution in [0.4, 0.5) is 4.79 Å². The first-order chi connectivity index (χ1) is 5.70. The normalized spacial score (nSPS) is 11.5. The first-order valence-electron chi connectivity index (χ1n) is 4.62. The van der Waals surface area contributed by atoms with E-state index in [9.17, 15) is 4.79 Å². The first kappa shape index (κ1) is 15.2. The maximum absolute atomic E-state index is 10.3. The molecule has 0 aromatic rings. The molecule has 0 aromatic carbocycles. The van der Waals surface area contributed by atoms with Crippen molar-refractivity contribution in [1.82, 2.24) is 0 Å². The third kappa shape index (κ3) is 9.68. The van der Waals surface area contributed by atoms with E-state index in [-0.39, 0.29) is 16.5 Å². The molecule has 2 N–H and O–H groups in total. The zero-order valence-corrected chi connectivity index (χ0v) is 9.31. The van der Waals surface area contributed by atoms with E-state index in [0.29, 0.717) is 12.5 Å². The second kappa shape index (κ2) is 9.85. The van der Waals surface area contributed by atoms with Gasteiger partial charge in [0.25, 0.3) is 0 Å². The Kier molecular flexibility index (Phi) is 11.5. The van der Waals surface area contributed by atoms with Crippen molar-refractivity contribution in [2.24, 2.45) is 11.7 Å². The van der Waals surface area contributed by atoms with Gasteiger partial charge in [0.15, 0.2) is 0 Å². The fourth-order valence-corrected chi connectivity index (χ4v) is 1.10. The van der Waals surface area contributed by atoms with Gasteiger partial charge in [-0.1, -0.05) is 33.1 Å². The van der Waals surface area contributed by atoms with Gasteiger partial charge in [-0.25, -0.2) is 4.79 Å². The molecular weight excluding hydrogens is 213 g/mol. The van der Waals surface area contributed by atoms with Crippen LogP contribution in [0.2, 0.25) is 0 Å². The summed E-state index contributed by atoms with van der Waals surface area (Å²) in [6, 6.07) is 0. The molecule has 0 aromatic heterocycles. The Morgan fingerprint density at radius 2 is 2.08 bits per heavy atom. The van der Waals surface area contributed by atoms with E-state index in [1.165, 1.54) is 12.8 Å². The summed E-state index contributed by atoms with van der Waals surface area (Å²) >= 11 is 0. The van der Waals surface area contributed by atoms with E-state index in [1.807, 2.05) is 0 Å². The van der Waals surface area contributed by atoms with Crippen molar-refractivity contribution in [2.45, 2.75) is 39.5 Å². The van der Waals surface area contributed by atoms with Crippen LogP contribution in [-0.4, -0.2) is 12.7 Å². The minimum Gasteiger partial charge on any atom is -0.449 e. The average molecular weight is 232 g/mol. The fraction of sp³-hybridized carbons (Fsp3) is 0.889. The quantitative estimate of drug-likeness (QED) is 0.714. The van der Waals surface area contributed by atoms with Crippen LogP contribution in [0.25, 0.3) is 0 Å². The monoisotopic (exact) mass is 231 g/mol. The number of amides is 1. The average Bonchev–Trinajstić information content (AvgIpc) is 2.05. The van der Waals surface area contributed by atoms with E-state index < -0.39 is 6.09 Å². The molecular formula is C9H19NNiO2. The van der Waals surface area contributed by atoms with Crippen LogP contribution in [0.5, 0.6) is 0 Å². The number of hydrogen-bond donors (Lipinski definition) is 1. The number of nitrogens with two attached hydrogens (primary N) is 1. The van der Waals surface area contributed by atoms with Gasteiger partial charge in [0.05, 0.1) is 6.61 Å². The largest absolute Gasteiger partial charge is 0.449 e. The fourth-order valence-electron chi connectivity index (χ4n) is 1.10. The van der Waals surface area contributed by atoms with Gasteiger partial charge in [0, 0.05) is 16.5 Å². The third-order valence-electron chi connectivity index (χ3n) is 2.00. The molecule has 0 saturated heterocycles. The maximum Gasteiger partial charge on any atom is 0.404 e. The third-order valence-corrected chi connectivity index (χ3v) is 2.00. The maximum atomic E-state index is 10.3. The Morgan fingerprint density at radius 3 is 2.46 bits per heavy atom. The molecule has 0 bridgehead atoms. The Morgan fingerprint density at radius 1 is 1.46 bits per heavy atom. The second-order valence-corrected chi connectivity index (χ2v) is 3.05. The number of carbonyl (C=O) groups excluding carboxylic acids is 1. The molecule has 0 heterocycles. The predicted octanol–water partition coefficient (Wildman–Crippen LogP) is 2.30. The van der Waals surface area contributed by atoms with Crippen molar-refractivity contribution < 1.29 is 26.0 Å². The summed E-state index contributed by atoms with van der Waals surface area (Å²) in [5.74, 6) is 0.484. The number of carbonyl (C=O) groups is 1. The molecule has 4 heteroatoms. The van der Waals surface area contributed by atoms with Crippen molar-refractivity contribution in [1.29, 1.82) is 0 Å². The summed E-state index contributed by atoms with van der Waals surface area (Å²) in [5, 5.41) is 0. The molecule has 1 amide bonds. The van der Waals surface area contributed by atoms with E-state index in [2.05, 4.69) is 13.8 Å². The van der Waals surface area contributed by atoms with E-state index in [4.69, 9.17) is 10.5 Å². The standard InChI is InChI=1S/C9H19NO2.Ni/c1-3-5-6-8(4-2)7-12-9(10)11;/h8H,3-7H2,1-2H3,(H2,10,11);. The SMILES string of the molecule is CCCCC(CC)COC(N)=O.[Ni]. The van der Waals surface area contributed by atoms with Crippen molar-refractivity contribution in [2.75, 3.05) is 6.61 Å². The van der Waals surface area contributed by atoms with Gasteiger partial charge in [-0.2, -0.15) is 0 Å². The van der Waals surface area contributed by atoms with Crippen LogP contribution >= 0.6 is 0 Å². The van der Waals surface area contributed by atoms with Crippen molar-refractivity contribution >= 4 is 6.09 Å². The number of hydrogen-bond acceptors (Lipinski definition) is 2. The smallest absolute Gasteiger partial charge is 0.404 e. The Balaban J connectivity index is 0. The summed E-state index contributed by atoms with van der Waals surface area (Å²) in [5.41, 5.74) is 4.86. The Bertz CT molecular complexity index is 131. The van der Waals surface area contributed by atoms with Gasteiger partial charge in [0.1, 0.15) is 0 Å². The number of rotatable bonds is 6. The predicted molar refractivity (Wildman–Crippen MR) is 48.8 cm³/mol. The molecule has 0 radical (unpaired) electrons. The molecule has 0 aliphatic rings. The molecule has 0 fully saturated rings. The minimum absolute atomic E-state index is 0. The van der Waals surface area contributed by atoms with Crippen LogP contribution in [0.3, 0.4) is 0 Å². The van der Waals surface area contributed by atoms with Gasteiger partial charge >= 0.3 is 6.09 Å². The molecule has 1 atom stereocenters. The molecule has 0 saturated carbocycles. The number of unbranched alkanes of at least 4 members (excludes halogenated alkanes) is 1. The van der Waals surface area contributed by atoms with Crippen LogP contribution < -0.4 is 5.73 Å². The number of primary amides is 1. The van der Waals surface area contributed by atoms with Crippen molar-refractivity contribution in [3.05, 3.63) is 0 Å². The van der Waals surface area contributed by atoms with Gasteiger partial charge < -0.3 is 10.5 Å². The molecule has 0 aliphatic carbocycles. The Labute approximate surface area is 90.3 Å².